The molecule has 0 spiro atoms. The lowest BCUT2D eigenvalue weighted by atomic mass is 10.3. The molecule has 1 heterocycles. The lowest BCUT2D eigenvalue weighted by molar-refractivity contribution is -0.122. The van der Waals surface area contributed by atoms with Crippen molar-refractivity contribution in [2.24, 2.45) is 0 Å². The van der Waals surface area contributed by atoms with Crippen molar-refractivity contribution in [2.45, 2.75) is 13.0 Å². The second-order valence-corrected chi connectivity index (χ2v) is 5.96. The topological polar surface area (TPSA) is 54.5 Å². The highest BCUT2D eigenvalue weighted by atomic mass is 35.5. The molecule has 1 N–H and O–H groups in total. The predicted octanol–water partition coefficient (Wildman–Crippen LogP) is 3.86. The molecule has 0 aliphatic carbocycles. The third-order valence-electron chi connectivity index (χ3n) is 3.08. The number of carbonyl (C=O) groups excluding carboxylic acids is 1. The van der Waals surface area contributed by atoms with Gasteiger partial charge in [-0.3, -0.25) is 4.79 Å². The Hall–Kier alpha value is -1.98. The van der Waals surface area contributed by atoms with E-state index >= 15 is 0 Å². The van der Waals surface area contributed by atoms with Gasteiger partial charge in [-0.1, -0.05) is 23.2 Å². The first-order valence-electron chi connectivity index (χ1n) is 6.93. The molecule has 0 saturated heterocycles. The first kappa shape index (κ1) is 17.4. The van der Waals surface area contributed by atoms with Crippen molar-refractivity contribution in [3.8, 4) is 5.75 Å². The van der Waals surface area contributed by atoms with Gasteiger partial charge in [0.2, 0.25) is 0 Å². The van der Waals surface area contributed by atoms with Gasteiger partial charge in [-0.05, 0) is 37.3 Å². The zero-order chi connectivity index (χ0) is 17.0. The smallest absolute Gasteiger partial charge is 0.266 e. The molecule has 1 aromatic carbocycles. The fraction of sp³-hybridized carbons (Fsp3) is 0.250. The summed E-state index contributed by atoms with van der Waals surface area (Å²) in [6.45, 7) is 1.63. The van der Waals surface area contributed by atoms with Gasteiger partial charge in [0.1, 0.15) is 11.6 Å². The maximum Gasteiger partial charge on any atom is 0.266 e. The number of hydrogen-bond acceptors (Lipinski definition) is 4. The van der Waals surface area contributed by atoms with Crippen LogP contribution >= 0.6 is 23.2 Å². The van der Waals surface area contributed by atoms with Crippen LogP contribution in [0.3, 0.4) is 0 Å². The number of aromatic nitrogens is 1. The summed E-state index contributed by atoms with van der Waals surface area (Å²) in [5, 5.41) is 3.55. The second-order valence-electron chi connectivity index (χ2n) is 5.12. The molecule has 1 unspecified atom stereocenters. The van der Waals surface area contributed by atoms with Crippen molar-refractivity contribution in [2.75, 3.05) is 24.3 Å². The van der Waals surface area contributed by atoms with E-state index in [9.17, 15) is 4.79 Å². The number of amides is 1. The third-order valence-corrected chi connectivity index (χ3v) is 3.61. The summed E-state index contributed by atoms with van der Waals surface area (Å²) in [4.78, 5) is 18.3. The molecule has 0 bridgehead atoms. The van der Waals surface area contributed by atoms with Crippen molar-refractivity contribution in [1.82, 2.24) is 4.98 Å². The molecule has 7 heteroatoms. The first-order valence-corrected chi connectivity index (χ1v) is 7.68. The number of nitrogens with zero attached hydrogens (tertiary/aromatic N) is 2. The van der Waals surface area contributed by atoms with Crippen LogP contribution < -0.4 is 15.0 Å². The average Bonchev–Trinajstić information content (AvgIpc) is 2.50. The van der Waals surface area contributed by atoms with E-state index in [4.69, 9.17) is 27.9 Å². The van der Waals surface area contributed by atoms with Gasteiger partial charge < -0.3 is 15.0 Å². The highest BCUT2D eigenvalue weighted by molar-refractivity contribution is 6.35. The lowest BCUT2D eigenvalue weighted by Gasteiger charge is -2.16. The van der Waals surface area contributed by atoms with E-state index in [0.717, 1.165) is 5.69 Å². The first-order chi connectivity index (χ1) is 10.9. The maximum atomic E-state index is 12.2. The van der Waals surface area contributed by atoms with Gasteiger partial charge in [0.15, 0.2) is 6.10 Å². The van der Waals surface area contributed by atoms with Gasteiger partial charge in [0, 0.05) is 19.1 Å². The van der Waals surface area contributed by atoms with E-state index in [1.54, 1.807) is 37.4 Å². The Kier molecular flexibility index (Phi) is 5.69. The van der Waals surface area contributed by atoms with Crippen LogP contribution in [-0.2, 0) is 4.79 Å². The summed E-state index contributed by atoms with van der Waals surface area (Å²) in [5.41, 5.74) is 0.945. The summed E-state index contributed by atoms with van der Waals surface area (Å²) < 4.78 is 5.56. The standard InChI is InChI=1S/C16H17Cl2N3O2/c1-10(23-14-6-4-11(17)8-13(14)18)16(22)20-15-7-5-12(9-19-15)21(2)3/h4-10H,1-3H3,(H,19,20,22). The lowest BCUT2D eigenvalue weighted by Crippen LogP contribution is -2.30. The molecule has 1 atom stereocenters. The van der Waals surface area contributed by atoms with E-state index in [0.29, 0.717) is 21.6 Å². The van der Waals surface area contributed by atoms with Crippen molar-refractivity contribution in [3.05, 3.63) is 46.6 Å². The Balaban J connectivity index is 1.99. The van der Waals surface area contributed by atoms with Crippen molar-refractivity contribution in [3.63, 3.8) is 0 Å². The van der Waals surface area contributed by atoms with Crippen LogP contribution in [0.25, 0.3) is 0 Å². The molecule has 0 aliphatic heterocycles. The van der Waals surface area contributed by atoms with Crippen molar-refractivity contribution in [1.29, 1.82) is 0 Å². The van der Waals surface area contributed by atoms with E-state index in [1.165, 1.54) is 0 Å². The molecule has 122 valence electrons. The van der Waals surface area contributed by atoms with Gasteiger partial charge in [-0.25, -0.2) is 4.98 Å². The van der Waals surface area contributed by atoms with Crippen LogP contribution in [0.5, 0.6) is 5.75 Å². The number of nitrogens with one attached hydrogen (secondary N) is 1. The molecular weight excluding hydrogens is 337 g/mol. The van der Waals surface area contributed by atoms with E-state index in [2.05, 4.69) is 10.3 Å². The minimum Gasteiger partial charge on any atom is -0.479 e. The van der Waals surface area contributed by atoms with Crippen LogP contribution in [0.15, 0.2) is 36.5 Å². The number of rotatable bonds is 5. The summed E-state index contributed by atoms with van der Waals surface area (Å²) >= 11 is 11.9. The number of halogens is 2. The van der Waals surface area contributed by atoms with Gasteiger partial charge in [0.05, 0.1) is 16.9 Å². The Morgan fingerprint density at radius 3 is 2.57 bits per heavy atom. The van der Waals surface area contributed by atoms with Gasteiger partial charge in [0.25, 0.3) is 5.91 Å². The summed E-state index contributed by atoms with van der Waals surface area (Å²) in [6.07, 6.45) is 0.945. The quantitative estimate of drug-likeness (QED) is 0.886. The van der Waals surface area contributed by atoms with Crippen LogP contribution in [0, 0.1) is 0 Å². The molecule has 0 radical (unpaired) electrons. The van der Waals surface area contributed by atoms with Crippen LogP contribution in [-0.4, -0.2) is 31.1 Å². The number of carbonyl (C=O) groups is 1. The summed E-state index contributed by atoms with van der Waals surface area (Å²) in [7, 11) is 3.84. The van der Waals surface area contributed by atoms with Crippen molar-refractivity contribution >= 4 is 40.6 Å². The van der Waals surface area contributed by atoms with Gasteiger partial charge in [-0.15, -0.1) is 0 Å². The molecule has 23 heavy (non-hydrogen) atoms. The Morgan fingerprint density at radius 2 is 2.00 bits per heavy atom. The Labute approximate surface area is 145 Å². The fourth-order valence-electron chi connectivity index (χ4n) is 1.77. The van der Waals surface area contributed by atoms with Crippen LogP contribution in [0.4, 0.5) is 11.5 Å². The number of anilines is 2. The monoisotopic (exact) mass is 353 g/mol. The average molecular weight is 354 g/mol. The molecule has 2 rings (SSSR count). The molecule has 1 amide bonds. The highest BCUT2D eigenvalue weighted by Crippen LogP contribution is 2.28. The van der Waals surface area contributed by atoms with Gasteiger partial charge in [-0.2, -0.15) is 0 Å². The minimum atomic E-state index is -0.732. The second kappa shape index (κ2) is 7.53. The largest absolute Gasteiger partial charge is 0.479 e. The van der Waals surface area contributed by atoms with Gasteiger partial charge >= 0.3 is 0 Å². The van der Waals surface area contributed by atoms with E-state index in [1.807, 2.05) is 25.1 Å². The van der Waals surface area contributed by atoms with Crippen LogP contribution in [0.1, 0.15) is 6.92 Å². The summed E-state index contributed by atoms with van der Waals surface area (Å²) in [6, 6.07) is 8.43. The molecule has 0 aliphatic rings. The number of hydrogen-bond donors (Lipinski definition) is 1. The molecule has 1 aromatic heterocycles. The maximum absolute atomic E-state index is 12.2. The molecule has 5 nitrogen and oxygen atoms in total. The van der Waals surface area contributed by atoms with E-state index in [-0.39, 0.29) is 5.91 Å². The Bertz CT molecular complexity index is 690. The molecule has 2 aromatic rings. The molecular formula is C16H17Cl2N3O2. The SMILES string of the molecule is CC(Oc1ccc(Cl)cc1Cl)C(=O)Nc1ccc(N(C)C)cn1. The van der Waals surface area contributed by atoms with E-state index < -0.39 is 6.10 Å². The number of ether oxygens (including phenoxy) is 1. The molecule has 0 fully saturated rings. The third kappa shape index (κ3) is 4.74. The van der Waals surface area contributed by atoms with Crippen LogP contribution in [0.2, 0.25) is 10.0 Å². The highest BCUT2D eigenvalue weighted by Gasteiger charge is 2.17. The summed E-state index contributed by atoms with van der Waals surface area (Å²) in [5.74, 6) is 0.536. The normalized spacial score (nSPS) is 11.7. The number of pyridine rings is 1. The minimum absolute atomic E-state index is 0.318. The predicted molar refractivity (Wildman–Crippen MR) is 93.7 cm³/mol. The molecule has 0 saturated carbocycles. The number of benzene rings is 1. The Morgan fingerprint density at radius 1 is 1.26 bits per heavy atom. The zero-order valence-corrected chi connectivity index (χ0v) is 14.5. The van der Waals surface area contributed by atoms with Crippen molar-refractivity contribution < 1.29 is 9.53 Å². The zero-order valence-electron chi connectivity index (χ0n) is 13.0. The fourth-order valence-corrected chi connectivity index (χ4v) is 2.22.